The van der Waals surface area contributed by atoms with Crippen molar-refractivity contribution in [2.24, 2.45) is 0 Å². The molecule has 0 saturated heterocycles. The lowest BCUT2D eigenvalue weighted by molar-refractivity contribution is -0.143. The lowest BCUT2D eigenvalue weighted by Crippen LogP contribution is -2.04. The third-order valence-corrected chi connectivity index (χ3v) is 1.43. The Kier molecular flexibility index (Phi) is 6.45. The zero-order chi connectivity index (χ0) is 11.0. The van der Waals surface area contributed by atoms with Crippen molar-refractivity contribution in [3.8, 4) is 0 Å². The van der Waals surface area contributed by atoms with Crippen molar-refractivity contribution in [1.82, 2.24) is 0 Å². The summed E-state index contributed by atoms with van der Waals surface area (Å²) >= 11 is 0. The molecular weight excluding hydrogens is 184 g/mol. The summed E-state index contributed by atoms with van der Waals surface area (Å²) in [5.74, 6) is -0.226. The van der Waals surface area contributed by atoms with Crippen molar-refractivity contribution in [3.05, 3.63) is 12.3 Å². The van der Waals surface area contributed by atoms with Crippen LogP contribution in [0.1, 0.15) is 33.1 Å². The lowest BCUT2D eigenvalue weighted by Gasteiger charge is -2.04. The molecule has 0 N–H and O–H groups in total. The highest BCUT2D eigenvalue weighted by Gasteiger charge is 2.03. The minimum absolute atomic E-state index is 0.233. The van der Waals surface area contributed by atoms with E-state index in [9.17, 15) is 9.59 Å². The highest BCUT2D eigenvalue weighted by atomic mass is 16.5. The van der Waals surface area contributed by atoms with E-state index in [0.717, 1.165) is 0 Å². The second-order valence-electron chi connectivity index (χ2n) is 2.79. The molecule has 0 fully saturated rings. The van der Waals surface area contributed by atoms with Gasteiger partial charge in [0.2, 0.25) is 0 Å². The molecule has 0 aromatic carbocycles. The highest BCUT2D eigenvalue weighted by molar-refractivity contribution is 5.69. The maximum Gasteiger partial charge on any atom is 0.307 e. The van der Waals surface area contributed by atoms with Crippen LogP contribution in [0.25, 0.3) is 0 Å². The summed E-state index contributed by atoms with van der Waals surface area (Å²) in [6.45, 7) is 7.01. The maximum atomic E-state index is 10.9. The monoisotopic (exact) mass is 200 g/mol. The summed E-state index contributed by atoms with van der Waals surface area (Å²) in [5.41, 5.74) is 0. The predicted octanol–water partition coefficient (Wildman–Crippen LogP) is 1.80. The molecule has 0 unspecified atom stereocenters. The molecule has 0 radical (unpaired) electrons. The normalized spacial score (nSPS) is 9.29. The van der Waals surface area contributed by atoms with E-state index in [2.05, 4.69) is 6.58 Å². The quantitative estimate of drug-likeness (QED) is 0.484. The van der Waals surface area contributed by atoms with Gasteiger partial charge in [0.25, 0.3) is 0 Å². The first-order valence-corrected chi connectivity index (χ1v) is 4.58. The van der Waals surface area contributed by atoms with E-state index in [1.165, 1.54) is 6.92 Å². The van der Waals surface area contributed by atoms with Gasteiger partial charge in [-0.15, -0.1) is 0 Å². The van der Waals surface area contributed by atoms with Gasteiger partial charge < -0.3 is 9.47 Å². The summed E-state index contributed by atoms with van der Waals surface area (Å²) in [5, 5.41) is 0. The molecule has 80 valence electrons. The van der Waals surface area contributed by atoms with Gasteiger partial charge >= 0.3 is 11.9 Å². The summed E-state index contributed by atoms with van der Waals surface area (Å²) in [6, 6.07) is 0. The molecule has 0 rings (SSSR count). The SMILES string of the molecule is C=C(CCCC(=O)OCC)OC(C)=O. The standard InChI is InChI=1S/C10H16O4/c1-4-13-10(12)7-5-6-8(2)14-9(3)11/h2,4-7H2,1,3H3. The Morgan fingerprint density at radius 1 is 1.29 bits per heavy atom. The number of esters is 2. The fourth-order valence-corrected chi connectivity index (χ4v) is 0.917. The zero-order valence-electron chi connectivity index (χ0n) is 8.67. The van der Waals surface area contributed by atoms with Crippen molar-refractivity contribution >= 4 is 11.9 Å². The molecule has 0 spiro atoms. The predicted molar refractivity (Wildman–Crippen MR) is 51.4 cm³/mol. The van der Waals surface area contributed by atoms with Crippen molar-refractivity contribution in [3.63, 3.8) is 0 Å². The minimum Gasteiger partial charge on any atom is -0.466 e. The van der Waals surface area contributed by atoms with Gasteiger partial charge in [-0.25, -0.2) is 0 Å². The maximum absolute atomic E-state index is 10.9. The summed E-state index contributed by atoms with van der Waals surface area (Å²) < 4.78 is 9.43. The summed E-state index contributed by atoms with van der Waals surface area (Å²) in [7, 11) is 0. The first-order valence-electron chi connectivity index (χ1n) is 4.58. The third-order valence-electron chi connectivity index (χ3n) is 1.43. The molecule has 0 aliphatic carbocycles. The number of hydrogen-bond acceptors (Lipinski definition) is 4. The van der Waals surface area contributed by atoms with Gasteiger partial charge in [-0.1, -0.05) is 6.58 Å². The summed E-state index contributed by atoms with van der Waals surface area (Å²) in [6.07, 6.45) is 1.41. The van der Waals surface area contributed by atoms with Gasteiger partial charge in [0.15, 0.2) is 0 Å². The van der Waals surface area contributed by atoms with E-state index in [0.29, 0.717) is 31.6 Å². The van der Waals surface area contributed by atoms with Crippen LogP contribution >= 0.6 is 0 Å². The van der Waals surface area contributed by atoms with Gasteiger partial charge in [-0.2, -0.15) is 0 Å². The molecule has 14 heavy (non-hydrogen) atoms. The third kappa shape index (κ3) is 7.34. The van der Waals surface area contributed by atoms with Crippen LogP contribution in [0, 0.1) is 0 Å². The number of carbonyl (C=O) groups is 2. The lowest BCUT2D eigenvalue weighted by atomic mass is 10.2. The van der Waals surface area contributed by atoms with E-state index < -0.39 is 0 Å². The van der Waals surface area contributed by atoms with Gasteiger partial charge in [0.05, 0.1) is 6.61 Å². The molecule has 0 heterocycles. The second-order valence-corrected chi connectivity index (χ2v) is 2.79. The Morgan fingerprint density at radius 3 is 2.43 bits per heavy atom. The van der Waals surface area contributed by atoms with Crippen molar-refractivity contribution in [2.75, 3.05) is 6.61 Å². The second kappa shape index (κ2) is 7.12. The van der Waals surface area contributed by atoms with E-state index in [1.54, 1.807) is 6.92 Å². The van der Waals surface area contributed by atoms with E-state index in [1.807, 2.05) is 0 Å². The number of ether oxygens (including phenoxy) is 2. The van der Waals surface area contributed by atoms with Crippen LogP contribution in [-0.2, 0) is 19.1 Å². The molecule has 0 bridgehead atoms. The van der Waals surface area contributed by atoms with Crippen LogP contribution in [0.5, 0.6) is 0 Å². The Bertz CT molecular complexity index is 220. The molecular formula is C10H16O4. The van der Waals surface area contributed by atoms with Crippen molar-refractivity contribution < 1.29 is 19.1 Å². The average molecular weight is 200 g/mol. The zero-order valence-corrected chi connectivity index (χ0v) is 8.67. The molecule has 0 aromatic heterocycles. The minimum atomic E-state index is -0.383. The van der Waals surface area contributed by atoms with Crippen molar-refractivity contribution in [1.29, 1.82) is 0 Å². The molecule has 0 aliphatic rings. The topological polar surface area (TPSA) is 52.6 Å². The fourth-order valence-electron chi connectivity index (χ4n) is 0.917. The van der Waals surface area contributed by atoms with Gasteiger partial charge in [-0.05, 0) is 13.3 Å². The Balaban J connectivity index is 3.49. The summed E-state index contributed by atoms with van der Waals surface area (Å²) in [4.78, 5) is 21.4. The Morgan fingerprint density at radius 2 is 1.93 bits per heavy atom. The van der Waals surface area contributed by atoms with Crippen LogP contribution in [0.3, 0.4) is 0 Å². The van der Waals surface area contributed by atoms with Crippen molar-refractivity contribution in [2.45, 2.75) is 33.1 Å². The molecule has 4 nitrogen and oxygen atoms in total. The largest absolute Gasteiger partial charge is 0.466 e. The first kappa shape index (κ1) is 12.7. The van der Waals surface area contributed by atoms with Gasteiger partial charge in [0.1, 0.15) is 5.76 Å². The molecule has 0 atom stereocenters. The van der Waals surface area contributed by atoms with Crippen LogP contribution in [-0.4, -0.2) is 18.5 Å². The van der Waals surface area contributed by atoms with Crippen LogP contribution < -0.4 is 0 Å². The average Bonchev–Trinajstić information content (AvgIpc) is 2.02. The van der Waals surface area contributed by atoms with E-state index in [4.69, 9.17) is 9.47 Å². The Hall–Kier alpha value is -1.32. The number of hydrogen-bond donors (Lipinski definition) is 0. The Labute approximate surface area is 83.9 Å². The number of allylic oxidation sites excluding steroid dienone is 1. The molecule has 0 saturated carbocycles. The van der Waals surface area contributed by atoms with Gasteiger partial charge in [-0.3, -0.25) is 9.59 Å². The molecule has 0 aromatic rings. The number of carbonyl (C=O) groups excluding carboxylic acids is 2. The van der Waals surface area contributed by atoms with Crippen LogP contribution in [0.15, 0.2) is 12.3 Å². The van der Waals surface area contributed by atoms with E-state index >= 15 is 0 Å². The smallest absolute Gasteiger partial charge is 0.307 e. The van der Waals surface area contributed by atoms with Crippen LogP contribution in [0.2, 0.25) is 0 Å². The van der Waals surface area contributed by atoms with Crippen LogP contribution in [0.4, 0.5) is 0 Å². The molecule has 0 aliphatic heterocycles. The first-order chi connectivity index (χ1) is 6.56. The molecule has 0 amide bonds. The number of rotatable bonds is 6. The molecule has 4 heteroatoms. The fraction of sp³-hybridized carbons (Fsp3) is 0.600. The highest BCUT2D eigenvalue weighted by Crippen LogP contribution is 2.07. The van der Waals surface area contributed by atoms with Gasteiger partial charge in [0, 0.05) is 19.8 Å². The van der Waals surface area contributed by atoms with E-state index in [-0.39, 0.29) is 11.9 Å².